The summed E-state index contributed by atoms with van der Waals surface area (Å²) in [5.74, 6) is -1.90. The molecule has 1 aromatic carbocycles. The van der Waals surface area contributed by atoms with Crippen molar-refractivity contribution in [3.63, 3.8) is 0 Å². The van der Waals surface area contributed by atoms with Crippen LogP contribution in [0.4, 0.5) is 0 Å². The Morgan fingerprint density at radius 3 is 2.76 bits per heavy atom. The molecule has 90 valence electrons. The van der Waals surface area contributed by atoms with Crippen molar-refractivity contribution in [2.75, 3.05) is 7.11 Å². The Hall–Kier alpha value is -2.04. The highest BCUT2D eigenvalue weighted by atomic mass is 16.7. The van der Waals surface area contributed by atoms with E-state index in [1.807, 2.05) is 0 Å². The third-order valence-electron chi connectivity index (χ3n) is 2.43. The van der Waals surface area contributed by atoms with Crippen LogP contribution >= 0.6 is 0 Å². The van der Waals surface area contributed by atoms with E-state index in [4.69, 9.17) is 9.47 Å². The second-order valence-electron chi connectivity index (χ2n) is 3.87. The summed E-state index contributed by atoms with van der Waals surface area (Å²) in [6.07, 6.45) is -0.149. The molecule has 5 nitrogen and oxygen atoms in total. The van der Waals surface area contributed by atoms with E-state index in [0.29, 0.717) is 11.3 Å². The number of esters is 2. The van der Waals surface area contributed by atoms with E-state index in [9.17, 15) is 9.59 Å². The van der Waals surface area contributed by atoms with E-state index < -0.39 is 17.7 Å². The van der Waals surface area contributed by atoms with Gasteiger partial charge in [0.25, 0.3) is 5.79 Å². The molecule has 2 rings (SSSR count). The molecule has 0 aromatic heterocycles. The van der Waals surface area contributed by atoms with Gasteiger partial charge in [0.2, 0.25) is 0 Å². The third-order valence-corrected chi connectivity index (χ3v) is 2.43. The summed E-state index contributed by atoms with van der Waals surface area (Å²) >= 11 is 0. The number of fused-ring (bicyclic) bond motifs is 1. The van der Waals surface area contributed by atoms with Crippen LogP contribution in [0.1, 0.15) is 23.7 Å². The van der Waals surface area contributed by atoms with E-state index in [1.165, 1.54) is 14.0 Å². The molecular weight excluding hydrogens is 224 g/mol. The highest BCUT2D eigenvalue weighted by molar-refractivity contribution is 5.93. The molecular formula is C12H12O5. The second-order valence-corrected chi connectivity index (χ2v) is 3.87. The van der Waals surface area contributed by atoms with Gasteiger partial charge in [0.05, 0.1) is 7.11 Å². The normalized spacial score (nSPS) is 22.1. The van der Waals surface area contributed by atoms with Crippen molar-refractivity contribution in [1.29, 1.82) is 0 Å². The maximum atomic E-state index is 11.7. The zero-order valence-electron chi connectivity index (χ0n) is 9.56. The molecule has 1 atom stereocenters. The van der Waals surface area contributed by atoms with Gasteiger partial charge >= 0.3 is 11.9 Å². The molecule has 1 aromatic rings. The molecule has 1 aliphatic rings. The van der Waals surface area contributed by atoms with Gasteiger partial charge < -0.3 is 14.2 Å². The van der Waals surface area contributed by atoms with Gasteiger partial charge in [0.15, 0.2) is 0 Å². The third kappa shape index (κ3) is 2.22. The average molecular weight is 236 g/mol. The summed E-state index contributed by atoms with van der Waals surface area (Å²) in [5, 5.41) is 0. The zero-order valence-corrected chi connectivity index (χ0v) is 9.56. The Labute approximate surface area is 98.3 Å². The number of ether oxygens (including phenoxy) is 3. The molecule has 1 aliphatic heterocycles. The van der Waals surface area contributed by atoms with Gasteiger partial charge in [-0.1, -0.05) is 12.1 Å². The smallest absolute Gasteiger partial charge is 0.345 e. The molecule has 0 fully saturated rings. The predicted molar refractivity (Wildman–Crippen MR) is 57.5 cm³/mol. The van der Waals surface area contributed by atoms with E-state index >= 15 is 0 Å². The lowest BCUT2D eigenvalue weighted by Crippen LogP contribution is -2.43. The number of para-hydroxylation sites is 1. The van der Waals surface area contributed by atoms with Crippen molar-refractivity contribution >= 4 is 11.9 Å². The van der Waals surface area contributed by atoms with Crippen LogP contribution in [0.5, 0.6) is 5.75 Å². The summed E-state index contributed by atoms with van der Waals surface area (Å²) in [6, 6.07) is 6.73. The lowest BCUT2D eigenvalue weighted by atomic mass is 10.1. The Morgan fingerprint density at radius 1 is 1.35 bits per heavy atom. The molecule has 17 heavy (non-hydrogen) atoms. The van der Waals surface area contributed by atoms with E-state index in [1.54, 1.807) is 24.3 Å². The standard InChI is InChI=1S/C12H12O5/c1-12(7-10(13)15-2)16-9-6-4-3-5-8(9)11(14)17-12/h3-6H,7H2,1-2H3. The number of cyclic esters (lactones) is 1. The molecule has 0 saturated heterocycles. The summed E-state index contributed by atoms with van der Waals surface area (Å²) in [7, 11) is 1.27. The zero-order chi connectivity index (χ0) is 12.5. The monoisotopic (exact) mass is 236 g/mol. The minimum absolute atomic E-state index is 0.149. The van der Waals surface area contributed by atoms with Crippen molar-refractivity contribution in [2.24, 2.45) is 0 Å². The number of benzene rings is 1. The van der Waals surface area contributed by atoms with Crippen LogP contribution in [0.3, 0.4) is 0 Å². The summed E-state index contributed by atoms with van der Waals surface area (Å²) in [6.45, 7) is 1.53. The van der Waals surface area contributed by atoms with Crippen molar-refractivity contribution in [2.45, 2.75) is 19.1 Å². The number of rotatable bonds is 2. The largest absolute Gasteiger partial charge is 0.469 e. The number of hydrogen-bond acceptors (Lipinski definition) is 5. The van der Waals surface area contributed by atoms with Crippen molar-refractivity contribution in [3.8, 4) is 5.75 Å². The molecule has 1 unspecified atom stereocenters. The average Bonchev–Trinajstić information content (AvgIpc) is 2.28. The summed E-state index contributed by atoms with van der Waals surface area (Å²) in [5.41, 5.74) is 0.356. The maximum absolute atomic E-state index is 11.7. The van der Waals surface area contributed by atoms with E-state index in [2.05, 4.69) is 4.74 Å². The van der Waals surface area contributed by atoms with Gasteiger partial charge in [0, 0.05) is 6.92 Å². The fourth-order valence-electron chi connectivity index (χ4n) is 1.64. The molecule has 0 saturated carbocycles. The van der Waals surface area contributed by atoms with Gasteiger partial charge in [-0.05, 0) is 12.1 Å². The van der Waals surface area contributed by atoms with Crippen LogP contribution in [-0.2, 0) is 14.3 Å². The Morgan fingerprint density at radius 2 is 2.06 bits per heavy atom. The van der Waals surface area contributed by atoms with Crippen LogP contribution in [0, 0.1) is 0 Å². The minimum Gasteiger partial charge on any atom is -0.469 e. The molecule has 0 N–H and O–H groups in total. The highest BCUT2D eigenvalue weighted by Gasteiger charge is 2.40. The number of carbonyl (C=O) groups is 2. The molecule has 0 amide bonds. The molecule has 5 heteroatoms. The van der Waals surface area contributed by atoms with Crippen LogP contribution in [-0.4, -0.2) is 24.8 Å². The predicted octanol–water partition coefficient (Wildman–Crippen LogP) is 1.52. The number of methoxy groups -OCH3 is 1. The topological polar surface area (TPSA) is 61.8 Å². The fraction of sp³-hybridized carbons (Fsp3) is 0.333. The Kier molecular flexibility index (Phi) is 2.75. The fourth-order valence-corrected chi connectivity index (χ4v) is 1.64. The molecule has 0 spiro atoms. The molecule has 0 radical (unpaired) electrons. The van der Waals surface area contributed by atoms with Crippen molar-refractivity contribution < 1.29 is 23.8 Å². The van der Waals surface area contributed by atoms with Crippen molar-refractivity contribution in [1.82, 2.24) is 0 Å². The van der Waals surface area contributed by atoms with Gasteiger partial charge in [-0.3, -0.25) is 4.79 Å². The van der Waals surface area contributed by atoms with E-state index in [0.717, 1.165) is 0 Å². The summed E-state index contributed by atoms with van der Waals surface area (Å²) < 4.78 is 15.2. The van der Waals surface area contributed by atoms with E-state index in [-0.39, 0.29) is 6.42 Å². The highest BCUT2D eigenvalue weighted by Crippen LogP contribution is 2.32. The number of carbonyl (C=O) groups excluding carboxylic acids is 2. The first-order valence-corrected chi connectivity index (χ1v) is 5.12. The second kappa shape index (κ2) is 4.08. The Bertz CT molecular complexity index is 468. The minimum atomic E-state index is -1.31. The SMILES string of the molecule is COC(=O)CC1(C)OC(=O)c2ccccc2O1. The molecule has 1 heterocycles. The quantitative estimate of drug-likeness (QED) is 0.728. The van der Waals surface area contributed by atoms with Crippen LogP contribution < -0.4 is 4.74 Å². The maximum Gasteiger partial charge on any atom is 0.345 e. The first-order valence-electron chi connectivity index (χ1n) is 5.12. The van der Waals surface area contributed by atoms with Crippen LogP contribution in [0.2, 0.25) is 0 Å². The lowest BCUT2D eigenvalue weighted by Gasteiger charge is -2.33. The first kappa shape index (κ1) is 11.4. The van der Waals surface area contributed by atoms with Gasteiger partial charge in [0.1, 0.15) is 17.7 Å². The summed E-state index contributed by atoms with van der Waals surface area (Å²) in [4.78, 5) is 22.9. The lowest BCUT2D eigenvalue weighted by molar-refractivity contribution is -0.170. The van der Waals surface area contributed by atoms with Gasteiger partial charge in [-0.15, -0.1) is 0 Å². The van der Waals surface area contributed by atoms with Gasteiger partial charge in [-0.25, -0.2) is 4.79 Å². The first-order chi connectivity index (χ1) is 8.04. The molecule has 0 aliphatic carbocycles. The molecule has 0 bridgehead atoms. The number of hydrogen-bond donors (Lipinski definition) is 0. The Balaban J connectivity index is 2.27. The van der Waals surface area contributed by atoms with Crippen molar-refractivity contribution in [3.05, 3.63) is 29.8 Å². The van der Waals surface area contributed by atoms with Crippen LogP contribution in [0.15, 0.2) is 24.3 Å². The van der Waals surface area contributed by atoms with Gasteiger partial charge in [-0.2, -0.15) is 0 Å². The van der Waals surface area contributed by atoms with Crippen LogP contribution in [0.25, 0.3) is 0 Å².